The molecule has 2 aliphatic rings. The summed E-state index contributed by atoms with van der Waals surface area (Å²) in [6.45, 7) is 5.57. The Bertz CT molecular complexity index is 1110. The molecule has 1 saturated heterocycles. The van der Waals surface area contributed by atoms with E-state index in [2.05, 4.69) is 24.9 Å². The number of rotatable bonds is 6. The van der Waals surface area contributed by atoms with E-state index < -0.39 is 5.97 Å². The Morgan fingerprint density at radius 1 is 1.22 bits per heavy atom. The number of nitrogens with zero attached hydrogens (tertiary/aromatic N) is 3. The average molecular weight is 438 g/mol. The van der Waals surface area contributed by atoms with Crippen LogP contribution in [0.25, 0.3) is 16.5 Å². The fraction of sp³-hybridized carbons (Fsp3) is 0.520. The Morgan fingerprint density at radius 3 is 2.66 bits per heavy atom. The van der Waals surface area contributed by atoms with Gasteiger partial charge < -0.3 is 5.11 Å². The van der Waals surface area contributed by atoms with Crippen LogP contribution >= 0.6 is 0 Å². The van der Waals surface area contributed by atoms with E-state index >= 15 is 0 Å². The molecule has 4 rings (SSSR count). The molecule has 0 amide bonds. The van der Waals surface area contributed by atoms with Gasteiger partial charge in [0, 0.05) is 31.5 Å². The van der Waals surface area contributed by atoms with Gasteiger partial charge in [-0.15, -0.1) is 0 Å². The van der Waals surface area contributed by atoms with Crippen LogP contribution in [0.2, 0.25) is 0 Å². The highest BCUT2D eigenvalue weighted by Crippen LogP contribution is 2.33. The Balaban J connectivity index is 1.62. The van der Waals surface area contributed by atoms with E-state index in [0.717, 1.165) is 30.4 Å². The molecule has 0 bridgehead atoms. The van der Waals surface area contributed by atoms with E-state index in [1.807, 2.05) is 23.1 Å². The van der Waals surface area contributed by atoms with Gasteiger partial charge in [-0.1, -0.05) is 32.4 Å². The van der Waals surface area contributed by atoms with E-state index in [4.69, 9.17) is 5.11 Å². The van der Waals surface area contributed by atoms with Crippen LogP contribution in [0, 0.1) is 11.8 Å². The number of carboxylic acid groups (broad SMARTS) is 1. The number of allylic oxidation sites excluding steroid dienone is 2. The van der Waals surface area contributed by atoms with E-state index in [0.29, 0.717) is 48.5 Å². The lowest BCUT2D eigenvalue weighted by Crippen LogP contribution is -2.39. The molecule has 2 atom stereocenters. The van der Waals surface area contributed by atoms with Gasteiger partial charge in [-0.25, -0.2) is 4.98 Å². The van der Waals surface area contributed by atoms with Crippen molar-refractivity contribution >= 4 is 28.2 Å². The van der Waals surface area contributed by atoms with Gasteiger partial charge in [0.25, 0.3) is 5.56 Å². The highest BCUT2D eigenvalue weighted by atomic mass is 16.4. The van der Waals surface area contributed by atoms with Gasteiger partial charge in [0.15, 0.2) is 0 Å². The number of hydrogen-bond acceptors (Lipinski definition) is 5. The summed E-state index contributed by atoms with van der Waals surface area (Å²) in [6.07, 6.45) is 7.39. The summed E-state index contributed by atoms with van der Waals surface area (Å²) in [7, 11) is 0. The number of carbonyl (C=O) groups is 2. The third-order valence-electron chi connectivity index (χ3n) is 7.11. The van der Waals surface area contributed by atoms with E-state index in [1.54, 1.807) is 10.9 Å². The van der Waals surface area contributed by atoms with Crippen molar-refractivity contribution in [2.75, 3.05) is 19.6 Å². The molecule has 1 aliphatic heterocycles. The van der Waals surface area contributed by atoms with Crippen LogP contribution in [0.1, 0.15) is 57.6 Å². The number of hydrogen-bond donors (Lipinski definition) is 1. The first kappa shape index (κ1) is 22.4. The summed E-state index contributed by atoms with van der Waals surface area (Å²) in [5, 5.41) is 9.58. The van der Waals surface area contributed by atoms with Crippen LogP contribution in [-0.4, -0.2) is 50.9 Å². The fourth-order valence-electron chi connectivity index (χ4n) is 4.94. The predicted molar refractivity (Wildman–Crippen MR) is 124 cm³/mol. The van der Waals surface area contributed by atoms with E-state index in [9.17, 15) is 14.4 Å². The van der Waals surface area contributed by atoms with E-state index in [1.165, 1.54) is 0 Å². The molecule has 0 radical (unpaired) electrons. The number of piperidine rings is 1. The summed E-state index contributed by atoms with van der Waals surface area (Å²) >= 11 is 0. The zero-order chi connectivity index (χ0) is 22.8. The molecule has 1 N–H and O–H groups in total. The largest absolute Gasteiger partial charge is 0.480 e. The minimum Gasteiger partial charge on any atom is -0.480 e. The topological polar surface area (TPSA) is 92.5 Å². The third kappa shape index (κ3) is 4.53. The highest BCUT2D eigenvalue weighted by molar-refractivity contribution is 5.91. The second-order valence-electron chi connectivity index (χ2n) is 9.16. The lowest BCUT2D eigenvalue weighted by Gasteiger charge is -2.31. The van der Waals surface area contributed by atoms with Crippen molar-refractivity contribution in [3.8, 4) is 0 Å². The molecule has 1 aromatic heterocycles. The zero-order valence-electron chi connectivity index (χ0n) is 18.8. The minimum atomic E-state index is -0.824. The third-order valence-corrected chi connectivity index (χ3v) is 7.11. The van der Waals surface area contributed by atoms with Crippen molar-refractivity contribution in [3.05, 3.63) is 46.5 Å². The number of fused-ring (bicyclic) bond motifs is 1. The van der Waals surface area contributed by atoms with Crippen LogP contribution in [0.15, 0.2) is 35.4 Å². The molecule has 1 aromatic carbocycles. The molecular weight excluding hydrogens is 406 g/mol. The number of Topliss-reactive ketones (excluding diaryl/α,β-unsaturated/α-hetero) is 1. The van der Waals surface area contributed by atoms with Crippen molar-refractivity contribution in [1.29, 1.82) is 0 Å². The minimum absolute atomic E-state index is 0.0226. The molecule has 32 heavy (non-hydrogen) atoms. The van der Waals surface area contributed by atoms with Gasteiger partial charge in [-0.05, 0) is 48.4 Å². The Labute approximate surface area is 187 Å². The van der Waals surface area contributed by atoms with Crippen molar-refractivity contribution < 1.29 is 14.7 Å². The number of aromatic nitrogens is 2. The lowest BCUT2D eigenvalue weighted by atomic mass is 9.79. The normalized spacial score (nSPS) is 21.5. The Kier molecular flexibility index (Phi) is 6.55. The maximum Gasteiger partial charge on any atom is 0.317 e. The zero-order valence-corrected chi connectivity index (χ0v) is 18.8. The molecule has 1 aliphatic carbocycles. The Morgan fingerprint density at radius 2 is 1.97 bits per heavy atom. The molecule has 2 aromatic rings. The number of carboxylic acids is 1. The summed E-state index contributed by atoms with van der Waals surface area (Å²) in [5.41, 5.74) is 2.74. The predicted octanol–water partition coefficient (Wildman–Crippen LogP) is 3.53. The fourth-order valence-corrected chi connectivity index (χ4v) is 4.94. The molecule has 0 saturated carbocycles. The summed E-state index contributed by atoms with van der Waals surface area (Å²) in [6, 6.07) is 5.84. The summed E-state index contributed by atoms with van der Waals surface area (Å²) in [4.78, 5) is 43.1. The van der Waals surface area contributed by atoms with Crippen LogP contribution in [0.5, 0.6) is 0 Å². The number of likely N-dealkylation sites (tertiary alicyclic amines) is 1. The standard InChI is InChI=1S/C25H31N3O4/c1-3-16(2)20-12-18(5-7-23(20)29)17-4-6-22-21(13-17)25(32)28(15-26-22)19-8-10-27(11-9-19)14-24(30)31/h4,6,12-13,15-16,19-20H,3,5,7-11,14H2,1-2H3,(H,30,31). The van der Waals surface area contributed by atoms with Crippen LogP contribution in [0.4, 0.5) is 0 Å². The molecular formula is C25H31N3O4. The molecule has 170 valence electrons. The molecule has 2 heterocycles. The first-order valence-electron chi connectivity index (χ1n) is 11.6. The molecule has 7 heteroatoms. The molecule has 0 spiro atoms. The van der Waals surface area contributed by atoms with Gasteiger partial charge in [-0.2, -0.15) is 0 Å². The average Bonchev–Trinajstić information content (AvgIpc) is 2.79. The van der Waals surface area contributed by atoms with Gasteiger partial charge in [0.2, 0.25) is 0 Å². The van der Waals surface area contributed by atoms with Crippen molar-refractivity contribution in [2.45, 2.75) is 52.0 Å². The SMILES string of the molecule is CCC(C)C1C=C(c2ccc3ncn(C4CCN(CC(=O)O)CC4)c(=O)c3c2)CCC1=O. The van der Waals surface area contributed by atoms with Crippen LogP contribution in [-0.2, 0) is 9.59 Å². The number of benzene rings is 1. The lowest BCUT2D eigenvalue weighted by molar-refractivity contribution is -0.138. The molecule has 7 nitrogen and oxygen atoms in total. The maximum atomic E-state index is 13.3. The van der Waals surface area contributed by atoms with Crippen molar-refractivity contribution in [2.24, 2.45) is 11.8 Å². The van der Waals surface area contributed by atoms with Gasteiger partial charge in [0.1, 0.15) is 5.78 Å². The second kappa shape index (κ2) is 9.36. The summed E-state index contributed by atoms with van der Waals surface area (Å²) < 4.78 is 1.71. The van der Waals surface area contributed by atoms with Crippen molar-refractivity contribution in [1.82, 2.24) is 14.5 Å². The van der Waals surface area contributed by atoms with Gasteiger partial charge in [-0.3, -0.25) is 23.9 Å². The van der Waals surface area contributed by atoms with Gasteiger partial charge in [0.05, 0.1) is 23.8 Å². The highest BCUT2D eigenvalue weighted by Gasteiger charge is 2.27. The van der Waals surface area contributed by atoms with E-state index in [-0.39, 0.29) is 24.1 Å². The van der Waals surface area contributed by atoms with Crippen LogP contribution < -0.4 is 5.56 Å². The van der Waals surface area contributed by atoms with Crippen molar-refractivity contribution in [3.63, 3.8) is 0 Å². The van der Waals surface area contributed by atoms with Crippen LogP contribution in [0.3, 0.4) is 0 Å². The number of aliphatic carboxylic acids is 1. The Hall–Kier alpha value is -2.80. The second-order valence-corrected chi connectivity index (χ2v) is 9.16. The smallest absolute Gasteiger partial charge is 0.317 e. The first-order chi connectivity index (χ1) is 15.4. The number of ketones is 1. The molecule has 1 fully saturated rings. The van der Waals surface area contributed by atoms with Gasteiger partial charge >= 0.3 is 5.97 Å². The molecule has 2 unspecified atom stereocenters. The first-order valence-corrected chi connectivity index (χ1v) is 11.6. The monoisotopic (exact) mass is 437 g/mol. The quantitative estimate of drug-likeness (QED) is 0.743. The summed E-state index contributed by atoms with van der Waals surface area (Å²) in [5.74, 6) is -0.262. The maximum absolute atomic E-state index is 13.3. The number of carbonyl (C=O) groups excluding carboxylic acids is 1.